The van der Waals surface area contributed by atoms with E-state index in [0.717, 1.165) is 5.56 Å². The fraction of sp³-hybridized carbons (Fsp3) is 0.143. The number of hydrogen-bond donors (Lipinski definition) is 2. The third-order valence-electron chi connectivity index (χ3n) is 3.28. The van der Waals surface area contributed by atoms with Crippen LogP contribution in [0.25, 0.3) is 0 Å². The van der Waals surface area contributed by atoms with Gasteiger partial charge in [0, 0.05) is 5.56 Å². The Morgan fingerprint density at radius 3 is 2.76 bits per heavy atom. The third kappa shape index (κ3) is 2.70. The summed E-state index contributed by atoms with van der Waals surface area (Å²) in [6.45, 7) is 0.265. The van der Waals surface area contributed by atoms with Crippen molar-refractivity contribution in [1.29, 1.82) is 0 Å². The molecule has 1 unspecified atom stereocenters. The minimum atomic E-state index is -3.70. The summed E-state index contributed by atoms with van der Waals surface area (Å²) in [5, 5.41) is 0.209. The third-order valence-corrected chi connectivity index (χ3v) is 5.08. The maximum absolute atomic E-state index is 12.4. The monoisotopic (exact) mass is 324 g/mol. The van der Waals surface area contributed by atoms with Gasteiger partial charge in [-0.15, -0.1) is 0 Å². The molecule has 1 heterocycles. The second-order valence-electron chi connectivity index (χ2n) is 4.71. The fourth-order valence-corrected chi connectivity index (χ4v) is 3.66. The number of ether oxygens (including phenoxy) is 1. The van der Waals surface area contributed by atoms with Gasteiger partial charge in [-0.25, -0.2) is 13.1 Å². The maximum atomic E-state index is 12.4. The Labute approximate surface area is 127 Å². The predicted octanol–water partition coefficient (Wildman–Crippen LogP) is 2.33. The highest BCUT2D eigenvalue weighted by molar-refractivity contribution is 7.89. The number of nitrogen functional groups attached to an aromatic ring is 1. The van der Waals surface area contributed by atoms with Crippen molar-refractivity contribution in [3.8, 4) is 5.75 Å². The summed E-state index contributed by atoms with van der Waals surface area (Å²) in [7, 11) is -3.70. The van der Waals surface area contributed by atoms with E-state index < -0.39 is 16.1 Å². The number of nitrogens with two attached hydrogens (primary N) is 1. The molecule has 1 aliphatic rings. The molecule has 2 aromatic carbocycles. The van der Waals surface area contributed by atoms with Crippen LogP contribution in [0.4, 0.5) is 5.69 Å². The van der Waals surface area contributed by atoms with Gasteiger partial charge in [-0.3, -0.25) is 0 Å². The second-order valence-corrected chi connectivity index (χ2v) is 6.83. The Balaban J connectivity index is 1.89. The number of halogens is 1. The minimum Gasteiger partial charge on any atom is -0.491 e. The molecule has 0 amide bonds. The number of fused-ring (bicyclic) bond motifs is 1. The van der Waals surface area contributed by atoms with Gasteiger partial charge in [-0.2, -0.15) is 0 Å². The van der Waals surface area contributed by atoms with E-state index in [1.807, 2.05) is 24.3 Å². The highest BCUT2D eigenvalue weighted by Crippen LogP contribution is 2.33. The van der Waals surface area contributed by atoms with E-state index in [-0.39, 0.29) is 16.5 Å². The van der Waals surface area contributed by atoms with Crippen molar-refractivity contribution in [2.24, 2.45) is 0 Å². The smallest absolute Gasteiger partial charge is 0.241 e. The lowest BCUT2D eigenvalue weighted by Crippen LogP contribution is -2.29. The molecule has 0 saturated carbocycles. The van der Waals surface area contributed by atoms with Crippen LogP contribution >= 0.6 is 11.6 Å². The predicted molar refractivity (Wildman–Crippen MR) is 80.9 cm³/mol. The van der Waals surface area contributed by atoms with E-state index in [4.69, 9.17) is 22.1 Å². The van der Waals surface area contributed by atoms with Crippen molar-refractivity contribution < 1.29 is 13.2 Å². The number of anilines is 1. The van der Waals surface area contributed by atoms with E-state index in [9.17, 15) is 8.42 Å². The molecule has 1 aliphatic heterocycles. The number of nitrogens with one attached hydrogen (secondary N) is 1. The van der Waals surface area contributed by atoms with Gasteiger partial charge in [-0.05, 0) is 24.3 Å². The molecular weight excluding hydrogens is 312 g/mol. The molecular formula is C14H13ClN2O3S. The van der Waals surface area contributed by atoms with Gasteiger partial charge in [0.15, 0.2) is 0 Å². The van der Waals surface area contributed by atoms with Crippen LogP contribution in [0.3, 0.4) is 0 Å². The molecule has 21 heavy (non-hydrogen) atoms. The molecule has 0 spiro atoms. The molecule has 3 N–H and O–H groups in total. The quantitative estimate of drug-likeness (QED) is 0.849. The molecule has 0 aliphatic carbocycles. The summed E-state index contributed by atoms with van der Waals surface area (Å²) >= 11 is 5.88. The first-order chi connectivity index (χ1) is 9.97. The van der Waals surface area contributed by atoms with Crippen LogP contribution in [0.2, 0.25) is 5.02 Å². The van der Waals surface area contributed by atoms with Crippen molar-refractivity contribution in [2.45, 2.75) is 10.9 Å². The van der Waals surface area contributed by atoms with Crippen LogP contribution < -0.4 is 15.2 Å². The second kappa shape index (κ2) is 5.22. The van der Waals surface area contributed by atoms with Gasteiger partial charge in [0.05, 0.1) is 21.6 Å². The summed E-state index contributed by atoms with van der Waals surface area (Å²) in [5.74, 6) is 0.695. The van der Waals surface area contributed by atoms with Crippen molar-refractivity contribution >= 4 is 27.3 Å². The maximum Gasteiger partial charge on any atom is 0.241 e. The van der Waals surface area contributed by atoms with Crippen LogP contribution in [-0.4, -0.2) is 15.0 Å². The SMILES string of the molecule is Nc1ccc(S(=O)(=O)NC2COc3ccccc32)cc1Cl. The molecule has 5 nitrogen and oxygen atoms in total. The zero-order chi connectivity index (χ0) is 15.0. The lowest BCUT2D eigenvalue weighted by atomic mass is 10.1. The molecule has 1 atom stereocenters. The van der Waals surface area contributed by atoms with Gasteiger partial charge in [0.1, 0.15) is 12.4 Å². The molecule has 3 rings (SSSR count). The van der Waals surface area contributed by atoms with E-state index in [1.54, 1.807) is 0 Å². The van der Waals surface area contributed by atoms with E-state index in [0.29, 0.717) is 11.4 Å². The number of para-hydroxylation sites is 1. The first-order valence-corrected chi connectivity index (χ1v) is 8.12. The lowest BCUT2D eigenvalue weighted by molar-refractivity contribution is 0.325. The number of benzene rings is 2. The average molecular weight is 325 g/mol. The Morgan fingerprint density at radius 1 is 1.24 bits per heavy atom. The zero-order valence-corrected chi connectivity index (χ0v) is 12.5. The summed E-state index contributed by atoms with van der Waals surface area (Å²) in [6.07, 6.45) is 0. The van der Waals surface area contributed by atoms with E-state index in [1.165, 1.54) is 18.2 Å². The molecule has 0 aromatic heterocycles. The number of sulfonamides is 1. The van der Waals surface area contributed by atoms with Gasteiger partial charge < -0.3 is 10.5 Å². The van der Waals surface area contributed by atoms with Crippen LogP contribution in [0.5, 0.6) is 5.75 Å². The van der Waals surface area contributed by atoms with Crippen LogP contribution in [0.15, 0.2) is 47.4 Å². The highest BCUT2D eigenvalue weighted by Gasteiger charge is 2.28. The molecule has 0 bridgehead atoms. The van der Waals surface area contributed by atoms with Crippen LogP contribution in [0.1, 0.15) is 11.6 Å². The van der Waals surface area contributed by atoms with E-state index in [2.05, 4.69) is 4.72 Å². The van der Waals surface area contributed by atoms with Gasteiger partial charge in [0.25, 0.3) is 0 Å². The number of rotatable bonds is 3. The Kier molecular flexibility index (Phi) is 3.52. The topological polar surface area (TPSA) is 81.4 Å². The largest absolute Gasteiger partial charge is 0.491 e. The van der Waals surface area contributed by atoms with Crippen molar-refractivity contribution in [3.05, 3.63) is 53.1 Å². The molecule has 110 valence electrons. The average Bonchev–Trinajstić information content (AvgIpc) is 2.85. The van der Waals surface area contributed by atoms with Gasteiger partial charge in [0.2, 0.25) is 10.0 Å². The summed E-state index contributed by atoms with van der Waals surface area (Å²) in [6, 6.07) is 11.1. The molecule has 7 heteroatoms. The Morgan fingerprint density at radius 2 is 2.00 bits per heavy atom. The minimum absolute atomic E-state index is 0.0751. The normalized spacial score (nSPS) is 17.3. The van der Waals surface area contributed by atoms with Crippen molar-refractivity contribution in [2.75, 3.05) is 12.3 Å². The first-order valence-electron chi connectivity index (χ1n) is 6.26. The first kappa shape index (κ1) is 14.2. The van der Waals surface area contributed by atoms with Gasteiger partial charge in [-0.1, -0.05) is 29.8 Å². The Bertz CT molecular complexity index is 793. The number of hydrogen-bond acceptors (Lipinski definition) is 4. The summed E-state index contributed by atoms with van der Waals surface area (Å²) in [4.78, 5) is 0.0751. The van der Waals surface area contributed by atoms with E-state index >= 15 is 0 Å². The molecule has 2 aromatic rings. The van der Waals surface area contributed by atoms with Crippen molar-refractivity contribution in [1.82, 2.24) is 4.72 Å². The Hall–Kier alpha value is -1.76. The molecule has 0 fully saturated rings. The van der Waals surface area contributed by atoms with Crippen LogP contribution in [0, 0.1) is 0 Å². The van der Waals surface area contributed by atoms with Crippen molar-refractivity contribution in [3.63, 3.8) is 0 Å². The van der Waals surface area contributed by atoms with Crippen LogP contribution in [-0.2, 0) is 10.0 Å². The standard InChI is InChI=1S/C14H13ClN2O3S/c15-11-7-9(5-6-12(11)16)21(18,19)17-13-8-20-14-4-2-1-3-10(13)14/h1-7,13,17H,8,16H2. The molecule has 0 saturated heterocycles. The zero-order valence-electron chi connectivity index (χ0n) is 10.9. The molecule has 0 radical (unpaired) electrons. The summed E-state index contributed by atoms with van der Waals surface area (Å²) in [5.41, 5.74) is 6.75. The summed E-state index contributed by atoms with van der Waals surface area (Å²) < 4.78 is 32.9. The lowest BCUT2D eigenvalue weighted by Gasteiger charge is -2.13. The van der Waals surface area contributed by atoms with Gasteiger partial charge >= 0.3 is 0 Å². The fourth-order valence-electron chi connectivity index (χ4n) is 2.19. The highest BCUT2D eigenvalue weighted by atomic mass is 35.5.